The zero-order chi connectivity index (χ0) is 19.7. The van der Waals surface area contributed by atoms with Crippen molar-refractivity contribution in [1.29, 1.82) is 0 Å². The third-order valence-corrected chi connectivity index (χ3v) is 4.70. The number of amides is 1. The first-order chi connectivity index (χ1) is 13.5. The summed E-state index contributed by atoms with van der Waals surface area (Å²) in [5.41, 5.74) is 5.03. The number of para-hydroxylation sites is 1. The minimum atomic E-state index is -0.109. The van der Waals surface area contributed by atoms with Crippen molar-refractivity contribution < 1.29 is 4.79 Å². The van der Waals surface area contributed by atoms with Gasteiger partial charge in [-0.3, -0.25) is 9.48 Å². The maximum absolute atomic E-state index is 12.8. The molecule has 7 nitrogen and oxygen atoms in total. The average molecular weight is 374 g/mol. The van der Waals surface area contributed by atoms with Crippen LogP contribution in [0.25, 0.3) is 16.7 Å². The number of nitrogens with one attached hydrogen (secondary N) is 1. The van der Waals surface area contributed by atoms with Crippen LogP contribution in [0, 0.1) is 13.8 Å². The fraction of sp³-hybridized carbons (Fsp3) is 0.238. The van der Waals surface area contributed by atoms with E-state index in [1.165, 1.54) is 0 Å². The molecule has 0 saturated heterocycles. The van der Waals surface area contributed by atoms with Gasteiger partial charge in [-0.05, 0) is 44.0 Å². The molecule has 0 bridgehead atoms. The molecule has 0 spiro atoms. The van der Waals surface area contributed by atoms with Gasteiger partial charge in [0.25, 0.3) is 5.91 Å². The Hall–Kier alpha value is -3.48. The quantitative estimate of drug-likeness (QED) is 0.583. The summed E-state index contributed by atoms with van der Waals surface area (Å²) in [6, 6.07) is 11.8. The summed E-state index contributed by atoms with van der Waals surface area (Å²) in [5, 5.41) is 12.6. The molecule has 28 heavy (non-hydrogen) atoms. The predicted octanol–water partition coefficient (Wildman–Crippen LogP) is 2.74. The van der Waals surface area contributed by atoms with Gasteiger partial charge in [0, 0.05) is 25.5 Å². The van der Waals surface area contributed by atoms with E-state index in [9.17, 15) is 4.79 Å². The second-order valence-electron chi connectivity index (χ2n) is 6.85. The molecule has 0 unspecified atom stereocenters. The monoisotopic (exact) mass is 374 g/mol. The van der Waals surface area contributed by atoms with Crippen LogP contribution in [0.2, 0.25) is 0 Å². The van der Waals surface area contributed by atoms with E-state index in [2.05, 4.69) is 20.5 Å². The topological polar surface area (TPSA) is 77.6 Å². The number of hydrogen-bond donors (Lipinski definition) is 1. The third kappa shape index (κ3) is 3.38. The highest BCUT2D eigenvalue weighted by atomic mass is 16.1. The molecule has 0 atom stereocenters. The van der Waals surface area contributed by atoms with Crippen molar-refractivity contribution in [3.05, 3.63) is 71.3 Å². The van der Waals surface area contributed by atoms with Gasteiger partial charge in [-0.2, -0.15) is 10.2 Å². The second-order valence-corrected chi connectivity index (χ2v) is 6.85. The molecule has 1 amide bonds. The van der Waals surface area contributed by atoms with Crippen molar-refractivity contribution in [3.63, 3.8) is 0 Å². The largest absolute Gasteiger partial charge is 0.352 e. The lowest BCUT2D eigenvalue weighted by atomic mass is 10.1. The molecule has 0 aliphatic heterocycles. The number of hydrogen-bond acceptors (Lipinski definition) is 4. The van der Waals surface area contributed by atoms with E-state index in [4.69, 9.17) is 0 Å². The average Bonchev–Trinajstić information content (AvgIpc) is 3.27. The molecule has 1 aromatic carbocycles. The summed E-state index contributed by atoms with van der Waals surface area (Å²) >= 11 is 0. The van der Waals surface area contributed by atoms with Gasteiger partial charge in [0.05, 0.1) is 28.5 Å². The summed E-state index contributed by atoms with van der Waals surface area (Å²) in [5.74, 6) is -0.109. The maximum atomic E-state index is 12.8. The Bertz CT molecular complexity index is 1140. The second kappa shape index (κ2) is 7.26. The number of aryl methyl sites for hydroxylation is 3. The van der Waals surface area contributed by atoms with E-state index in [0.717, 1.165) is 33.7 Å². The molecule has 0 aliphatic carbocycles. The molecule has 0 radical (unpaired) electrons. The summed E-state index contributed by atoms with van der Waals surface area (Å²) in [7, 11) is 1.84. The Kier molecular flexibility index (Phi) is 4.65. The van der Waals surface area contributed by atoms with E-state index < -0.39 is 0 Å². The van der Waals surface area contributed by atoms with Crippen LogP contribution in [0.3, 0.4) is 0 Å². The van der Waals surface area contributed by atoms with Gasteiger partial charge < -0.3 is 5.32 Å². The van der Waals surface area contributed by atoms with E-state index in [1.807, 2.05) is 74.4 Å². The van der Waals surface area contributed by atoms with Gasteiger partial charge >= 0.3 is 0 Å². The standard InChI is InChI=1S/C21H22N6O/c1-14-11-18(19-15(2)25-26(3)20(19)24-14)21(28)22-10-9-16-12-23-27(13-16)17-7-5-4-6-8-17/h4-8,11-13H,9-10H2,1-3H3,(H,22,28). The Morgan fingerprint density at radius 1 is 1.18 bits per heavy atom. The zero-order valence-electron chi connectivity index (χ0n) is 16.2. The third-order valence-electron chi connectivity index (χ3n) is 4.70. The van der Waals surface area contributed by atoms with Gasteiger partial charge in [0.15, 0.2) is 5.65 Å². The Labute approximate surface area is 163 Å². The van der Waals surface area contributed by atoms with Crippen LogP contribution in [0.4, 0.5) is 0 Å². The lowest BCUT2D eigenvalue weighted by Gasteiger charge is -2.07. The number of carbonyl (C=O) groups is 1. The molecule has 3 aromatic heterocycles. The predicted molar refractivity (Wildman–Crippen MR) is 108 cm³/mol. The van der Waals surface area contributed by atoms with E-state index in [-0.39, 0.29) is 5.91 Å². The molecule has 3 heterocycles. The fourth-order valence-electron chi connectivity index (χ4n) is 3.38. The number of pyridine rings is 1. The van der Waals surface area contributed by atoms with Crippen LogP contribution < -0.4 is 5.32 Å². The molecule has 7 heteroatoms. The molecule has 142 valence electrons. The van der Waals surface area contributed by atoms with Crippen LogP contribution in [-0.2, 0) is 13.5 Å². The van der Waals surface area contributed by atoms with E-state index in [0.29, 0.717) is 18.5 Å². The van der Waals surface area contributed by atoms with Crippen molar-refractivity contribution >= 4 is 16.9 Å². The van der Waals surface area contributed by atoms with Gasteiger partial charge in [-0.25, -0.2) is 9.67 Å². The summed E-state index contributed by atoms with van der Waals surface area (Å²) < 4.78 is 3.55. The smallest absolute Gasteiger partial charge is 0.252 e. The molecule has 0 aliphatic rings. The van der Waals surface area contributed by atoms with Gasteiger partial charge in [-0.15, -0.1) is 0 Å². The van der Waals surface area contributed by atoms with Gasteiger partial charge in [-0.1, -0.05) is 18.2 Å². The Morgan fingerprint density at radius 2 is 1.96 bits per heavy atom. The molecule has 4 aromatic rings. The van der Waals surface area contributed by atoms with E-state index >= 15 is 0 Å². The lowest BCUT2D eigenvalue weighted by molar-refractivity contribution is 0.0955. The zero-order valence-corrected chi connectivity index (χ0v) is 16.2. The summed E-state index contributed by atoms with van der Waals surface area (Å²) in [6.45, 7) is 4.31. The number of rotatable bonds is 5. The SMILES string of the molecule is Cc1cc(C(=O)NCCc2cnn(-c3ccccc3)c2)c2c(C)nn(C)c2n1. The van der Waals surface area contributed by atoms with Crippen molar-refractivity contribution in [1.82, 2.24) is 29.9 Å². The first-order valence-electron chi connectivity index (χ1n) is 9.21. The maximum Gasteiger partial charge on any atom is 0.252 e. The first kappa shape index (κ1) is 17.9. The van der Waals surface area contributed by atoms with Crippen molar-refractivity contribution in [2.75, 3.05) is 6.54 Å². The number of carbonyl (C=O) groups excluding carboxylic acids is 1. The number of benzene rings is 1. The fourth-order valence-corrected chi connectivity index (χ4v) is 3.38. The number of aromatic nitrogens is 5. The molecule has 1 N–H and O–H groups in total. The minimum Gasteiger partial charge on any atom is -0.352 e. The highest BCUT2D eigenvalue weighted by Gasteiger charge is 2.17. The lowest BCUT2D eigenvalue weighted by Crippen LogP contribution is -2.26. The van der Waals surface area contributed by atoms with Crippen LogP contribution in [-0.4, -0.2) is 37.0 Å². The van der Waals surface area contributed by atoms with Crippen LogP contribution >= 0.6 is 0 Å². The minimum absolute atomic E-state index is 0.109. The first-order valence-corrected chi connectivity index (χ1v) is 9.21. The van der Waals surface area contributed by atoms with Gasteiger partial charge in [0.1, 0.15) is 0 Å². The number of nitrogens with zero attached hydrogens (tertiary/aromatic N) is 5. The van der Waals surface area contributed by atoms with Crippen LogP contribution in [0.15, 0.2) is 48.8 Å². The highest BCUT2D eigenvalue weighted by Crippen LogP contribution is 2.21. The highest BCUT2D eigenvalue weighted by molar-refractivity contribution is 6.06. The molecule has 0 saturated carbocycles. The van der Waals surface area contributed by atoms with Gasteiger partial charge in [0.2, 0.25) is 0 Å². The van der Waals surface area contributed by atoms with Crippen molar-refractivity contribution in [2.45, 2.75) is 20.3 Å². The number of fused-ring (bicyclic) bond motifs is 1. The molecular formula is C21H22N6O. The molecule has 0 fully saturated rings. The van der Waals surface area contributed by atoms with Crippen LogP contribution in [0.5, 0.6) is 0 Å². The van der Waals surface area contributed by atoms with Crippen molar-refractivity contribution in [3.8, 4) is 5.69 Å². The van der Waals surface area contributed by atoms with Crippen molar-refractivity contribution in [2.24, 2.45) is 7.05 Å². The molecular weight excluding hydrogens is 352 g/mol. The normalized spacial score (nSPS) is 11.1. The summed E-state index contributed by atoms with van der Waals surface area (Å²) in [6.07, 6.45) is 4.53. The van der Waals surface area contributed by atoms with E-state index in [1.54, 1.807) is 4.68 Å². The van der Waals surface area contributed by atoms with Crippen LogP contribution in [0.1, 0.15) is 27.3 Å². The summed E-state index contributed by atoms with van der Waals surface area (Å²) in [4.78, 5) is 17.3. The molecule has 4 rings (SSSR count). The Balaban J connectivity index is 1.46. The Morgan fingerprint density at radius 3 is 2.75 bits per heavy atom.